The average molecular weight is 343 g/mol. The first-order valence-electron chi connectivity index (χ1n) is 7.33. The van der Waals surface area contributed by atoms with Gasteiger partial charge in [-0.15, -0.1) is 10.2 Å². The van der Waals surface area contributed by atoms with Gasteiger partial charge in [0.2, 0.25) is 11.0 Å². The Morgan fingerprint density at radius 1 is 1.36 bits per heavy atom. The van der Waals surface area contributed by atoms with E-state index in [2.05, 4.69) is 40.0 Å². The molecule has 9 heteroatoms. The van der Waals surface area contributed by atoms with Crippen LogP contribution in [0, 0.1) is 5.92 Å². The van der Waals surface area contributed by atoms with Gasteiger partial charge >= 0.3 is 6.03 Å². The molecular weight excluding hydrogens is 322 g/mol. The minimum Gasteiger partial charge on any atom is -0.357 e. The first kappa shape index (κ1) is 17.0. The number of urea groups is 1. The number of amides is 3. The lowest BCUT2D eigenvalue weighted by atomic mass is 10.1. The molecule has 1 aromatic heterocycles. The molecule has 122 valence electrons. The van der Waals surface area contributed by atoms with Gasteiger partial charge in [-0.25, -0.2) is 4.79 Å². The van der Waals surface area contributed by atoms with Crippen molar-refractivity contribution >= 4 is 40.2 Å². The van der Waals surface area contributed by atoms with Crippen LogP contribution in [-0.4, -0.2) is 40.5 Å². The molecule has 0 saturated heterocycles. The van der Waals surface area contributed by atoms with Gasteiger partial charge in [0, 0.05) is 12.6 Å². The molecule has 1 aliphatic carbocycles. The highest BCUT2D eigenvalue weighted by atomic mass is 32.2. The molecular formula is C13H21N5O2S2. The molecule has 1 saturated carbocycles. The quantitative estimate of drug-likeness (QED) is 0.625. The summed E-state index contributed by atoms with van der Waals surface area (Å²) in [5, 5.41) is 17.0. The Balaban J connectivity index is 1.62. The number of anilines is 1. The van der Waals surface area contributed by atoms with Crippen LogP contribution < -0.4 is 16.0 Å². The number of carbonyl (C=O) groups is 2. The van der Waals surface area contributed by atoms with Crippen molar-refractivity contribution in [2.24, 2.45) is 5.92 Å². The van der Waals surface area contributed by atoms with Gasteiger partial charge in [0.25, 0.3) is 0 Å². The zero-order chi connectivity index (χ0) is 15.9. The number of carbonyl (C=O) groups excluding carboxylic acids is 2. The number of imide groups is 1. The Labute approximate surface area is 138 Å². The number of thioether (sulfide) groups is 1. The lowest BCUT2D eigenvalue weighted by Gasteiger charge is -2.07. The van der Waals surface area contributed by atoms with E-state index >= 15 is 0 Å². The molecule has 0 unspecified atom stereocenters. The van der Waals surface area contributed by atoms with Crippen molar-refractivity contribution in [1.29, 1.82) is 0 Å². The number of rotatable bonds is 8. The maximum Gasteiger partial charge on any atom is 0.321 e. The predicted octanol–water partition coefficient (Wildman–Crippen LogP) is 2.08. The van der Waals surface area contributed by atoms with E-state index in [9.17, 15) is 9.59 Å². The second-order valence-corrected chi connectivity index (χ2v) is 7.77. The third-order valence-corrected chi connectivity index (χ3v) is 4.89. The maximum absolute atomic E-state index is 11.7. The Morgan fingerprint density at radius 2 is 2.14 bits per heavy atom. The summed E-state index contributed by atoms with van der Waals surface area (Å²) in [6.45, 7) is 4.72. The van der Waals surface area contributed by atoms with Crippen molar-refractivity contribution in [3.8, 4) is 0 Å². The fraction of sp³-hybridized carbons (Fsp3) is 0.692. The molecule has 0 atom stereocenters. The zero-order valence-corrected chi connectivity index (χ0v) is 14.4. The number of nitrogens with one attached hydrogen (secondary N) is 3. The third kappa shape index (κ3) is 6.61. The van der Waals surface area contributed by atoms with Gasteiger partial charge in [-0.2, -0.15) is 0 Å². The first-order chi connectivity index (χ1) is 10.5. The largest absolute Gasteiger partial charge is 0.357 e. The zero-order valence-electron chi connectivity index (χ0n) is 12.7. The van der Waals surface area contributed by atoms with Crippen LogP contribution in [0.5, 0.6) is 0 Å². The lowest BCUT2D eigenvalue weighted by Crippen LogP contribution is -2.40. The second-order valence-electron chi connectivity index (χ2n) is 5.57. The summed E-state index contributed by atoms with van der Waals surface area (Å²) in [6, 6.07) is 0.0863. The van der Waals surface area contributed by atoms with E-state index < -0.39 is 6.03 Å². The van der Waals surface area contributed by atoms with E-state index in [0.717, 1.165) is 15.9 Å². The van der Waals surface area contributed by atoms with Crippen LogP contribution in [0.4, 0.5) is 9.93 Å². The van der Waals surface area contributed by atoms with Crippen LogP contribution >= 0.6 is 23.1 Å². The van der Waals surface area contributed by atoms with Crippen molar-refractivity contribution in [2.45, 2.75) is 43.5 Å². The molecule has 0 aromatic carbocycles. The standard InChI is InChI=1S/C13H21N5O2S2/c1-8(2)5-6-14-11(20)16-10(19)7-21-13-18-17-12(22-13)15-9-3-4-9/h8-9H,3-7H2,1-2H3,(H,15,17)(H2,14,16,19,20). The van der Waals surface area contributed by atoms with Gasteiger partial charge in [0.1, 0.15) is 0 Å². The van der Waals surface area contributed by atoms with Crippen LogP contribution in [0.25, 0.3) is 0 Å². The van der Waals surface area contributed by atoms with Crippen molar-refractivity contribution in [2.75, 3.05) is 17.6 Å². The molecule has 0 bridgehead atoms. The lowest BCUT2D eigenvalue weighted by molar-refractivity contribution is -0.117. The minimum absolute atomic E-state index is 0.148. The van der Waals surface area contributed by atoms with Gasteiger partial charge < -0.3 is 10.6 Å². The van der Waals surface area contributed by atoms with Gasteiger partial charge in [-0.05, 0) is 25.2 Å². The topological polar surface area (TPSA) is 96.0 Å². The van der Waals surface area contributed by atoms with E-state index in [1.165, 1.54) is 35.9 Å². The predicted molar refractivity (Wildman–Crippen MR) is 88.3 cm³/mol. The summed E-state index contributed by atoms with van der Waals surface area (Å²) in [5.74, 6) is 0.330. The molecule has 0 spiro atoms. The van der Waals surface area contributed by atoms with Gasteiger partial charge in [0.15, 0.2) is 4.34 Å². The molecule has 22 heavy (non-hydrogen) atoms. The summed E-state index contributed by atoms with van der Waals surface area (Å²) in [5.41, 5.74) is 0. The summed E-state index contributed by atoms with van der Waals surface area (Å²) >= 11 is 2.71. The third-order valence-electron chi connectivity index (χ3n) is 2.90. The molecule has 1 aromatic rings. The van der Waals surface area contributed by atoms with E-state index in [1.54, 1.807) is 0 Å². The van der Waals surface area contributed by atoms with Crippen LogP contribution in [0.2, 0.25) is 0 Å². The van der Waals surface area contributed by atoms with Gasteiger partial charge in [0.05, 0.1) is 5.75 Å². The van der Waals surface area contributed by atoms with Crippen molar-refractivity contribution in [3.05, 3.63) is 0 Å². The highest BCUT2D eigenvalue weighted by molar-refractivity contribution is 8.01. The Kier molecular flexibility index (Phi) is 6.44. The van der Waals surface area contributed by atoms with Gasteiger partial charge in [-0.3, -0.25) is 10.1 Å². The molecule has 0 radical (unpaired) electrons. The molecule has 3 N–H and O–H groups in total. The molecule has 3 amide bonds. The summed E-state index contributed by atoms with van der Waals surface area (Å²) < 4.78 is 0.721. The molecule has 1 heterocycles. The van der Waals surface area contributed by atoms with Crippen molar-refractivity contribution < 1.29 is 9.59 Å². The average Bonchev–Trinajstić information content (AvgIpc) is 3.13. The number of hydrogen-bond acceptors (Lipinski definition) is 7. The summed E-state index contributed by atoms with van der Waals surface area (Å²) in [4.78, 5) is 23.2. The fourth-order valence-electron chi connectivity index (χ4n) is 1.54. The Morgan fingerprint density at radius 3 is 2.82 bits per heavy atom. The maximum atomic E-state index is 11.7. The molecule has 0 aliphatic heterocycles. The molecule has 1 fully saturated rings. The van der Waals surface area contributed by atoms with Crippen LogP contribution in [0.15, 0.2) is 4.34 Å². The van der Waals surface area contributed by atoms with E-state index in [-0.39, 0.29) is 11.7 Å². The Hall–Kier alpha value is -1.35. The second kappa shape index (κ2) is 8.33. The number of aromatic nitrogens is 2. The summed E-state index contributed by atoms with van der Waals surface area (Å²) in [6.07, 6.45) is 3.24. The van der Waals surface area contributed by atoms with Crippen LogP contribution in [0.3, 0.4) is 0 Å². The normalized spacial score (nSPS) is 14.0. The highest BCUT2D eigenvalue weighted by Gasteiger charge is 2.22. The van der Waals surface area contributed by atoms with Crippen LogP contribution in [-0.2, 0) is 4.79 Å². The van der Waals surface area contributed by atoms with Gasteiger partial charge in [-0.1, -0.05) is 36.9 Å². The number of hydrogen-bond donors (Lipinski definition) is 3. The van der Waals surface area contributed by atoms with E-state index in [4.69, 9.17) is 0 Å². The first-order valence-corrected chi connectivity index (χ1v) is 9.13. The monoisotopic (exact) mass is 343 g/mol. The number of nitrogens with zero attached hydrogens (tertiary/aromatic N) is 2. The molecule has 1 aliphatic rings. The highest BCUT2D eigenvalue weighted by Crippen LogP contribution is 2.29. The van der Waals surface area contributed by atoms with Crippen molar-refractivity contribution in [3.63, 3.8) is 0 Å². The van der Waals surface area contributed by atoms with Crippen molar-refractivity contribution in [1.82, 2.24) is 20.8 Å². The molecule has 7 nitrogen and oxygen atoms in total. The SMILES string of the molecule is CC(C)CCNC(=O)NC(=O)CSc1nnc(NC2CC2)s1. The smallest absolute Gasteiger partial charge is 0.321 e. The molecule has 2 rings (SSSR count). The van der Waals surface area contributed by atoms with E-state index in [1.807, 2.05) is 0 Å². The summed E-state index contributed by atoms with van der Waals surface area (Å²) in [7, 11) is 0. The fourth-order valence-corrected chi connectivity index (χ4v) is 3.17. The van der Waals surface area contributed by atoms with E-state index in [0.29, 0.717) is 18.5 Å². The Bertz CT molecular complexity index is 516. The minimum atomic E-state index is -0.445. The van der Waals surface area contributed by atoms with Crippen LogP contribution in [0.1, 0.15) is 33.1 Å².